The Kier molecular flexibility index (Phi) is 5.86. The molecule has 2 aromatic carbocycles. The number of aromatic nitrogens is 4. The number of nitrogens with one attached hydrogen (secondary N) is 1. The van der Waals surface area contributed by atoms with Gasteiger partial charge in [0.25, 0.3) is 0 Å². The number of hydrogen-bond donors (Lipinski definition) is 1. The van der Waals surface area contributed by atoms with Crippen molar-refractivity contribution in [2.75, 3.05) is 18.5 Å². The third-order valence-corrected chi connectivity index (χ3v) is 5.35. The summed E-state index contributed by atoms with van der Waals surface area (Å²) in [7, 11) is 0. The van der Waals surface area contributed by atoms with Crippen LogP contribution in [0.2, 0.25) is 5.02 Å². The fourth-order valence-corrected chi connectivity index (χ4v) is 3.97. The van der Waals surface area contributed by atoms with Gasteiger partial charge in [0.05, 0.1) is 23.9 Å². The summed E-state index contributed by atoms with van der Waals surface area (Å²) in [5, 5.41) is 15.9. The van der Waals surface area contributed by atoms with Gasteiger partial charge in [-0.1, -0.05) is 29.4 Å². The molecule has 0 saturated heterocycles. The lowest BCUT2D eigenvalue weighted by molar-refractivity contribution is -0.114. The standard InChI is InChI=1S/C19H18ClN5O3S/c1-12(26)21-14-4-2-5-15(10-14)25-19(22-23-24-25)29-11-13-8-16(20)18-17(9-13)27-6-3-7-28-18/h2,4-5,8-10H,3,6-7,11H2,1H3,(H,21,26). The Balaban J connectivity index is 1.53. The number of nitrogens with zero attached hydrogens (tertiary/aromatic N) is 4. The summed E-state index contributed by atoms with van der Waals surface area (Å²) in [5.41, 5.74) is 2.40. The summed E-state index contributed by atoms with van der Waals surface area (Å²) in [6, 6.07) is 11.1. The van der Waals surface area contributed by atoms with Crippen LogP contribution in [0.25, 0.3) is 5.69 Å². The molecule has 1 amide bonds. The molecule has 150 valence electrons. The number of anilines is 1. The molecular formula is C19H18ClN5O3S. The monoisotopic (exact) mass is 431 g/mol. The highest BCUT2D eigenvalue weighted by atomic mass is 35.5. The van der Waals surface area contributed by atoms with E-state index in [1.165, 1.54) is 18.7 Å². The van der Waals surface area contributed by atoms with Gasteiger partial charge in [0.2, 0.25) is 11.1 Å². The van der Waals surface area contributed by atoms with E-state index in [0.717, 1.165) is 17.7 Å². The van der Waals surface area contributed by atoms with Gasteiger partial charge >= 0.3 is 0 Å². The van der Waals surface area contributed by atoms with Crippen LogP contribution in [0.4, 0.5) is 5.69 Å². The van der Waals surface area contributed by atoms with Crippen LogP contribution in [0, 0.1) is 0 Å². The van der Waals surface area contributed by atoms with Crippen LogP contribution >= 0.6 is 23.4 Å². The Morgan fingerprint density at radius 1 is 1.28 bits per heavy atom. The molecule has 1 aliphatic heterocycles. The van der Waals surface area contributed by atoms with Gasteiger partial charge in [-0.3, -0.25) is 4.79 Å². The highest BCUT2D eigenvalue weighted by Gasteiger charge is 2.17. The molecule has 4 rings (SSSR count). The van der Waals surface area contributed by atoms with Gasteiger partial charge in [0, 0.05) is 24.8 Å². The van der Waals surface area contributed by atoms with E-state index < -0.39 is 0 Å². The minimum atomic E-state index is -0.139. The zero-order valence-electron chi connectivity index (χ0n) is 15.6. The van der Waals surface area contributed by atoms with Crippen LogP contribution in [-0.4, -0.2) is 39.3 Å². The van der Waals surface area contributed by atoms with Gasteiger partial charge in [0.1, 0.15) is 0 Å². The first-order valence-electron chi connectivity index (χ1n) is 8.97. The van der Waals surface area contributed by atoms with Crippen molar-refractivity contribution in [3.05, 3.63) is 47.0 Å². The van der Waals surface area contributed by atoms with E-state index in [4.69, 9.17) is 21.1 Å². The molecule has 2 heterocycles. The van der Waals surface area contributed by atoms with E-state index in [1.54, 1.807) is 4.68 Å². The molecule has 0 unspecified atom stereocenters. The zero-order chi connectivity index (χ0) is 20.2. The van der Waals surface area contributed by atoms with E-state index in [0.29, 0.717) is 46.3 Å². The number of ether oxygens (including phenoxy) is 2. The van der Waals surface area contributed by atoms with Crippen LogP contribution < -0.4 is 14.8 Å². The molecule has 8 nitrogen and oxygen atoms in total. The first kappa shape index (κ1) is 19.5. The quantitative estimate of drug-likeness (QED) is 0.615. The summed E-state index contributed by atoms with van der Waals surface area (Å²) in [6.45, 7) is 2.65. The van der Waals surface area contributed by atoms with Gasteiger partial charge in [-0.25, -0.2) is 0 Å². The largest absolute Gasteiger partial charge is 0.489 e. The molecule has 29 heavy (non-hydrogen) atoms. The molecule has 1 N–H and O–H groups in total. The Hall–Kier alpha value is -2.78. The maximum absolute atomic E-state index is 11.3. The highest BCUT2D eigenvalue weighted by Crippen LogP contribution is 2.39. The molecule has 0 radical (unpaired) electrons. The molecule has 0 aliphatic carbocycles. The second kappa shape index (κ2) is 8.71. The number of benzene rings is 2. The number of carbonyl (C=O) groups excluding carboxylic acids is 1. The van der Waals surface area contributed by atoms with Crippen LogP contribution in [0.1, 0.15) is 18.9 Å². The third-order valence-electron chi connectivity index (χ3n) is 4.08. The van der Waals surface area contributed by atoms with Crippen molar-refractivity contribution in [2.45, 2.75) is 24.3 Å². The van der Waals surface area contributed by atoms with E-state index in [9.17, 15) is 4.79 Å². The van der Waals surface area contributed by atoms with E-state index in [1.807, 2.05) is 36.4 Å². The average molecular weight is 432 g/mol. The van der Waals surface area contributed by atoms with Crippen molar-refractivity contribution in [3.63, 3.8) is 0 Å². The Morgan fingerprint density at radius 2 is 2.14 bits per heavy atom. The number of carbonyl (C=O) groups is 1. The summed E-state index contributed by atoms with van der Waals surface area (Å²) in [6.07, 6.45) is 0.821. The van der Waals surface area contributed by atoms with Crippen LogP contribution in [-0.2, 0) is 10.5 Å². The Morgan fingerprint density at radius 3 is 3.00 bits per heavy atom. The van der Waals surface area contributed by atoms with Gasteiger partial charge in [-0.15, -0.1) is 5.10 Å². The maximum Gasteiger partial charge on any atom is 0.221 e. The summed E-state index contributed by atoms with van der Waals surface area (Å²) < 4.78 is 13.0. The number of hydrogen-bond acceptors (Lipinski definition) is 7. The van der Waals surface area contributed by atoms with Gasteiger partial charge < -0.3 is 14.8 Å². The number of halogens is 1. The minimum absolute atomic E-state index is 0.139. The zero-order valence-corrected chi connectivity index (χ0v) is 17.2. The molecule has 10 heteroatoms. The second-order valence-electron chi connectivity index (χ2n) is 6.35. The van der Waals surface area contributed by atoms with Gasteiger partial charge in [-0.2, -0.15) is 4.68 Å². The number of thioether (sulfide) groups is 1. The van der Waals surface area contributed by atoms with E-state index >= 15 is 0 Å². The third kappa shape index (κ3) is 4.63. The van der Waals surface area contributed by atoms with Crippen molar-refractivity contribution in [1.29, 1.82) is 0 Å². The number of rotatable bonds is 5. The summed E-state index contributed by atoms with van der Waals surface area (Å²) in [5.74, 6) is 1.72. The molecule has 3 aromatic rings. The molecule has 0 saturated carbocycles. The first-order valence-corrected chi connectivity index (χ1v) is 10.3. The van der Waals surface area contributed by atoms with Crippen LogP contribution in [0.3, 0.4) is 0 Å². The van der Waals surface area contributed by atoms with Crippen molar-refractivity contribution in [2.24, 2.45) is 0 Å². The smallest absolute Gasteiger partial charge is 0.221 e. The fourth-order valence-electron chi connectivity index (χ4n) is 2.87. The first-order chi connectivity index (χ1) is 14.1. The predicted molar refractivity (Wildman–Crippen MR) is 110 cm³/mol. The lowest BCUT2D eigenvalue weighted by Gasteiger charge is -2.11. The predicted octanol–water partition coefficient (Wildman–Crippen LogP) is 3.73. The summed E-state index contributed by atoms with van der Waals surface area (Å²) in [4.78, 5) is 11.3. The lowest BCUT2D eigenvalue weighted by Crippen LogP contribution is -2.07. The summed E-state index contributed by atoms with van der Waals surface area (Å²) >= 11 is 7.84. The molecule has 0 bridgehead atoms. The highest BCUT2D eigenvalue weighted by molar-refractivity contribution is 7.98. The number of fused-ring (bicyclic) bond motifs is 1. The van der Waals surface area contributed by atoms with E-state index in [-0.39, 0.29) is 5.91 Å². The Bertz CT molecular complexity index is 1040. The van der Waals surface area contributed by atoms with Gasteiger partial charge in [0.15, 0.2) is 11.5 Å². The minimum Gasteiger partial charge on any atom is -0.489 e. The Labute approximate surface area is 176 Å². The average Bonchev–Trinajstić information content (AvgIpc) is 3.03. The normalized spacial score (nSPS) is 13.0. The maximum atomic E-state index is 11.3. The van der Waals surface area contributed by atoms with Crippen molar-refractivity contribution in [1.82, 2.24) is 20.2 Å². The second-order valence-corrected chi connectivity index (χ2v) is 7.70. The molecule has 1 aromatic heterocycles. The van der Waals surface area contributed by atoms with Crippen molar-refractivity contribution < 1.29 is 14.3 Å². The van der Waals surface area contributed by atoms with Crippen molar-refractivity contribution in [3.8, 4) is 17.2 Å². The van der Waals surface area contributed by atoms with Crippen LogP contribution in [0.5, 0.6) is 11.5 Å². The number of amides is 1. The van der Waals surface area contributed by atoms with Crippen LogP contribution in [0.15, 0.2) is 41.6 Å². The fraction of sp³-hybridized carbons (Fsp3) is 0.263. The molecule has 0 atom stereocenters. The molecule has 0 fully saturated rings. The molecule has 0 spiro atoms. The lowest BCUT2D eigenvalue weighted by atomic mass is 10.2. The van der Waals surface area contributed by atoms with E-state index in [2.05, 4.69) is 20.8 Å². The molecule has 1 aliphatic rings. The number of tetrazole rings is 1. The SMILES string of the molecule is CC(=O)Nc1cccc(-n2nnnc2SCc2cc(Cl)c3c(c2)OCCCO3)c1. The topological polar surface area (TPSA) is 91.2 Å². The molecular weight excluding hydrogens is 414 g/mol. The van der Waals surface area contributed by atoms with Gasteiger partial charge in [-0.05, 0) is 46.3 Å². The van der Waals surface area contributed by atoms with Crippen molar-refractivity contribution >= 4 is 35.0 Å².